The fraction of sp³-hybridized carbons (Fsp3) is 0.857. The van der Waals surface area contributed by atoms with Crippen molar-refractivity contribution in [3.63, 3.8) is 0 Å². The summed E-state index contributed by atoms with van der Waals surface area (Å²) >= 11 is 0. The van der Waals surface area contributed by atoms with Crippen LogP contribution in [0, 0.1) is 23.7 Å². The third-order valence-corrected chi connectivity index (χ3v) is 9.47. The molecule has 6 unspecified atom stereocenters. The molecule has 168 valence electrons. The van der Waals surface area contributed by atoms with Crippen molar-refractivity contribution in [3.05, 3.63) is 11.6 Å². The molecule has 1 amide bonds. The highest BCUT2D eigenvalue weighted by molar-refractivity contribution is 7.88. The van der Waals surface area contributed by atoms with Gasteiger partial charge in [-0.25, -0.2) is 9.11 Å². The summed E-state index contributed by atoms with van der Waals surface area (Å²) in [5.74, 6) is 0.390. The van der Waals surface area contributed by atoms with E-state index in [0.29, 0.717) is 18.8 Å². The van der Waals surface area contributed by atoms with E-state index in [2.05, 4.69) is 11.0 Å². The molecule has 6 atom stereocenters. The second-order valence-electron chi connectivity index (χ2n) is 9.99. The molecule has 9 heteroatoms. The Labute approximate surface area is 177 Å². The van der Waals surface area contributed by atoms with Crippen LogP contribution in [0.25, 0.3) is 0 Å². The van der Waals surface area contributed by atoms with Gasteiger partial charge in [-0.2, -0.15) is 12.7 Å². The van der Waals surface area contributed by atoms with Gasteiger partial charge >= 0.3 is 10.2 Å². The van der Waals surface area contributed by atoms with Crippen LogP contribution in [0.15, 0.2) is 11.6 Å². The number of aliphatic hydroxyl groups excluding tert-OH is 1. The highest BCUT2D eigenvalue weighted by atomic mass is 32.2. The van der Waals surface area contributed by atoms with Gasteiger partial charge in [0.1, 0.15) is 6.17 Å². The highest BCUT2D eigenvalue weighted by Crippen LogP contribution is 2.48. The maximum absolute atomic E-state index is 15.7. The van der Waals surface area contributed by atoms with E-state index in [4.69, 9.17) is 0 Å². The molecule has 0 aromatic carbocycles. The summed E-state index contributed by atoms with van der Waals surface area (Å²) in [5, 5.41) is 10.6. The zero-order valence-electron chi connectivity index (χ0n) is 17.2. The second kappa shape index (κ2) is 7.83. The zero-order valence-corrected chi connectivity index (χ0v) is 18.1. The van der Waals surface area contributed by atoms with Gasteiger partial charge in [0.15, 0.2) is 0 Å². The predicted molar refractivity (Wildman–Crippen MR) is 109 cm³/mol. The number of carbonyl (C=O) groups is 1. The molecule has 0 aromatic heterocycles. The molecule has 5 rings (SSSR count). The van der Waals surface area contributed by atoms with Gasteiger partial charge in [-0.15, -0.1) is 0 Å². The molecule has 3 aliphatic carbocycles. The summed E-state index contributed by atoms with van der Waals surface area (Å²) in [4.78, 5) is 14.1. The smallest absolute Gasteiger partial charge is 0.304 e. The molecule has 2 N–H and O–H groups in total. The lowest BCUT2D eigenvalue weighted by atomic mass is 9.63. The molecule has 3 saturated carbocycles. The second-order valence-corrected chi connectivity index (χ2v) is 11.6. The van der Waals surface area contributed by atoms with Crippen molar-refractivity contribution in [2.45, 2.75) is 63.3 Å². The quantitative estimate of drug-likeness (QED) is 0.626. The van der Waals surface area contributed by atoms with Crippen LogP contribution in [-0.4, -0.2) is 73.1 Å². The first kappa shape index (κ1) is 20.8. The number of alkyl halides is 1. The van der Waals surface area contributed by atoms with Gasteiger partial charge in [0, 0.05) is 13.1 Å². The molecule has 0 bridgehead atoms. The Morgan fingerprint density at radius 3 is 2.67 bits per heavy atom. The maximum Gasteiger partial charge on any atom is 0.304 e. The molecule has 2 heterocycles. The Balaban J connectivity index is 1.25. The molecule has 30 heavy (non-hydrogen) atoms. The summed E-state index contributed by atoms with van der Waals surface area (Å²) in [5.41, 5.74) is 1.41. The topological polar surface area (TPSA) is 90.0 Å². The number of hydrogen-bond donors (Lipinski definition) is 2. The van der Waals surface area contributed by atoms with Crippen LogP contribution >= 0.6 is 0 Å². The monoisotopic (exact) mass is 441 g/mol. The molecule has 7 nitrogen and oxygen atoms in total. The first-order chi connectivity index (χ1) is 14.3. The van der Waals surface area contributed by atoms with Gasteiger partial charge in [0.2, 0.25) is 5.91 Å². The molecule has 4 fully saturated rings. The van der Waals surface area contributed by atoms with E-state index in [9.17, 15) is 18.3 Å². The van der Waals surface area contributed by atoms with Crippen molar-refractivity contribution >= 4 is 16.1 Å². The Kier molecular flexibility index (Phi) is 5.44. The molecular formula is C21H32FN3O4S. The average Bonchev–Trinajstić information content (AvgIpc) is 3.33. The minimum atomic E-state index is -4.07. The number of carbonyl (C=O) groups excluding carboxylic acids is 1. The molecule has 2 aliphatic heterocycles. The summed E-state index contributed by atoms with van der Waals surface area (Å²) in [7, 11) is -4.07. The first-order valence-electron chi connectivity index (χ1n) is 11.4. The third-order valence-electron chi connectivity index (χ3n) is 8.00. The van der Waals surface area contributed by atoms with E-state index < -0.39 is 41.0 Å². The van der Waals surface area contributed by atoms with E-state index in [0.717, 1.165) is 42.7 Å². The van der Waals surface area contributed by atoms with E-state index in [1.165, 1.54) is 24.8 Å². The Hall–Kier alpha value is -1.03. The lowest BCUT2D eigenvalue weighted by molar-refractivity contribution is -0.119. The Morgan fingerprint density at radius 2 is 1.97 bits per heavy atom. The molecule has 5 aliphatic rings. The van der Waals surface area contributed by atoms with Crippen molar-refractivity contribution in [1.29, 1.82) is 0 Å². The fourth-order valence-electron chi connectivity index (χ4n) is 6.15. The van der Waals surface area contributed by atoms with Crippen molar-refractivity contribution in [2.75, 3.05) is 26.2 Å². The zero-order chi connectivity index (χ0) is 21.0. The van der Waals surface area contributed by atoms with E-state index in [1.54, 1.807) is 0 Å². The van der Waals surface area contributed by atoms with Gasteiger partial charge in [-0.1, -0.05) is 24.5 Å². The highest BCUT2D eigenvalue weighted by Gasteiger charge is 2.54. The van der Waals surface area contributed by atoms with E-state index in [-0.39, 0.29) is 11.8 Å². The van der Waals surface area contributed by atoms with Crippen LogP contribution in [0.2, 0.25) is 0 Å². The van der Waals surface area contributed by atoms with Crippen molar-refractivity contribution < 1.29 is 22.7 Å². The number of nitrogens with zero attached hydrogens (tertiary/aromatic N) is 2. The number of nitrogens with one attached hydrogen (secondary N) is 1. The van der Waals surface area contributed by atoms with E-state index >= 15 is 4.39 Å². The molecule has 0 aromatic rings. The minimum absolute atomic E-state index is 0.0736. The van der Waals surface area contributed by atoms with Gasteiger partial charge in [0.05, 0.1) is 18.7 Å². The number of rotatable bonds is 5. The molecular weight excluding hydrogens is 409 g/mol. The number of amides is 1. The SMILES string of the molecule is O=C1CN(C2C(O)CC3CCC(C4=CCN(CCC5CC5)C4)CC3C2F)S(=O)(=O)N1. The minimum Gasteiger partial charge on any atom is -0.391 e. The first-order valence-corrected chi connectivity index (χ1v) is 12.8. The number of hydrogen-bond acceptors (Lipinski definition) is 5. The van der Waals surface area contributed by atoms with Gasteiger partial charge in [-0.05, 0) is 62.3 Å². The molecule has 0 spiro atoms. The lowest BCUT2D eigenvalue weighted by Gasteiger charge is -2.48. The van der Waals surface area contributed by atoms with Crippen LogP contribution in [0.4, 0.5) is 4.39 Å². The van der Waals surface area contributed by atoms with Crippen molar-refractivity contribution in [3.8, 4) is 0 Å². The van der Waals surface area contributed by atoms with Crippen LogP contribution in [0.5, 0.6) is 0 Å². The van der Waals surface area contributed by atoms with Crippen molar-refractivity contribution in [2.24, 2.45) is 23.7 Å². The summed E-state index contributed by atoms with van der Waals surface area (Å²) < 4.78 is 42.9. The molecule has 1 saturated heterocycles. The standard InChI is InChI=1S/C21H32FN3O4S/c22-20-17-9-14(16-6-8-24(11-16)7-5-13-1-2-13)3-4-15(17)10-18(26)21(20)25-12-19(27)23-30(25,28)29/h6,13-15,17-18,20-21,26H,1-5,7-12H2,(H,23,27). The summed E-state index contributed by atoms with van der Waals surface area (Å²) in [6.07, 6.45) is 6.77. The predicted octanol–water partition coefficient (Wildman–Crippen LogP) is 1.21. The van der Waals surface area contributed by atoms with Crippen LogP contribution in [0.3, 0.4) is 0 Å². The van der Waals surface area contributed by atoms with Gasteiger partial charge in [-0.3, -0.25) is 9.69 Å². The van der Waals surface area contributed by atoms with Gasteiger partial charge < -0.3 is 5.11 Å². The number of aliphatic hydroxyl groups is 1. The summed E-state index contributed by atoms with van der Waals surface area (Å²) in [6, 6.07) is -1.18. The third kappa shape index (κ3) is 3.94. The van der Waals surface area contributed by atoms with Crippen LogP contribution in [-0.2, 0) is 15.0 Å². The van der Waals surface area contributed by atoms with E-state index in [1.807, 2.05) is 4.72 Å². The Bertz CT molecular complexity index is 830. The van der Waals surface area contributed by atoms with Crippen LogP contribution in [0.1, 0.15) is 44.9 Å². The summed E-state index contributed by atoms with van der Waals surface area (Å²) in [6.45, 7) is 2.67. The van der Waals surface area contributed by atoms with Gasteiger partial charge in [0.25, 0.3) is 0 Å². The van der Waals surface area contributed by atoms with Crippen molar-refractivity contribution in [1.82, 2.24) is 13.9 Å². The Morgan fingerprint density at radius 1 is 1.17 bits per heavy atom. The fourth-order valence-corrected chi connectivity index (χ4v) is 7.49. The largest absolute Gasteiger partial charge is 0.391 e. The number of halogens is 1. The normalized spacial score (nSPS) is 42.1. The van der Waals surface area contributed by atoms with Crippen LogP contribution < -0.4 is 4.72 Å². The number of fused-ring (bicyclic) bond motifs is 1. The lowest BCUT2D eigenvalue weighted by Crippen LogP contribution is -2.58. The molecule has 0 radical (unpaired) electrons. The average molecular weight is 442 g/mol. The maximum atomic E-state index is 15.7.